The van der Waals surface area contributed by atoms with Crippen molar-refractivity contribution in [1.82, 2.24) is 4.31 Å². The number of benzene rings is 1. The summed E-state index contributed by atoms with van der Waals surface area (Å²) in [6, 6.07) is 3.31. The molecule has 0 aliphatic heterocycles. The van der Waals surface area contributed by atoms with Gasteiger partial charge in [-0.3, -0.25) is 0 Å². The lowest BCUT2D eigenvalue weighted by Gasteiger charge is -2.26. The molecule has 0 saturated heterocycles. The highest BCUT2D eigenvalue weighted by Gasteiger charge is 2.30. The third kappa shape index (κ3) is 4.94. The van der Waals surface area contributed by atoms with Gasteiger partial charge < -0.3 is 5.73 Å². The molecule has 120 valence electrons. The summed E-state index contributed by atoms with van der Waals surface area (Å²) in [5, 5.41) is 0. The van der Waals surface area contributed by atoms with Crippen molar-refractivity contribution in [2.75, 3.05) is 18.8 Å². The van der Waals surface area contributed by atoms with E-state index in [0.717, 1.165) is 4.47 Å². The molecule has 0 amide bonds. The number of rotatable bonds is 6. The van der Waals surface area contributed by atoms with Crippen molar-refractivity contribution in [3.05, 3.63) is 21.1 Å². The average molecular weight is 442 g/mol. The molecular weight excluding hydrogens is 420 g/mol. The molecule has 0 heterocycles. The van der Waals surface area contributed by atoms with Crippen molar-refractivity contribution in [3.8, 4) is 0 Å². The lowest BCUT2D eigenvalue weighted by Crippen LogP contribution is -2.37. The Bertz CT molecular complexity index is 568. The van der Waals surface area contributed by atoms with Gasteiger partial charge >= 0.3 is 0 Å². The molecule has 4 nitrogen and oxygen atoms in total. The minimum Gasteiger partial charge on any atom is -0.398 e. The van der Waals surface area contributed by atoms with Crippen molar-refractivity contribution in [2.45, 2.75) is 32.6 Å². The van der Waals surface area contributed by atoms with Crippen LogP contribution >= 0.6 is 31.9 Å². The molecule has 0 unspecified atom stereocenters. The summed E-state index contributed by atoms with van der Waals surface area (Å²) < 4.78 is 28.7. The Kier molecular flexibility index (Phi) is 6.71. The molecule has 21 heavy (non-hydrogen) atoms. The van der Waals surface area contributed by atoms with Crippen LogP contribution in [0.5, 0.6) is 0 Å². The van der Waals surface area contributed by atoms with Gasteiger partial charge in [0.15, 0.2) is 0 Å². The van der Waals surface area contributed by atoms with E-state index in [0.29, 0.717) is 17.6 Å². The molecular formula is C14H22Br2N2O2S. The Labute approximate surface area is 144 Å². The monoisotopic (exact) mass is 440 g/mol. The molecule has 0 aliphatic rings. The third-order valence-corrected chi connectivity index (χ3v) is 6.07. The van der Waals surface area contributed by atoms with E-state index in [1.807, 2.05) is 27.7 Å². The standard InChI is InChI=1S/C14H22Br2N2O2S/c1-9(2)7-18(8-10(3)4)21(19,20)14-12(16)5-11(15)6-13(14)17/h5-6,9-10H,7-8,17H2,1-4H3. The Balaban J connectivity index is 3.35. The Hall–Kier alpha value is -0.110. The van der Waals surface area contributed by atoms with Crippen LogP contribution in [-0.2, 0) is 10.0 Å². The van der Waals surface area contributed by atoms with Gasteiger partial charge in [0.25, 0.3) is 0 Å². The van der Waals surface area contributed by atoms with Gasteiger partial charge in [-0.25, -0.2) is 8.42 Å². The summed E-state index contributed by atoms with van der Waals surface area (Å²) in [5.74, 6) is 0.489. The van der Waals surface area contributed by atoms with E-state index in [9.17, 15) is 8.42 Å². The SMILES string of the molecule is CC(C)CN(CC(C)C)S(=O)(=O)c1c(N)cc(Br)cc1Br. The van der Waals surface area contributed by atoms with Gasteiger partial charge in [0.1, 0.15) is 4.90 Å². The molecule has 0 spiro atoms. The number of nitrogens with zero attached hydrogens (tertiary/aromatic N) is 1. The zero-order valence-corrected chi connectivity index (χ0v) is 16.7. The van der Waals surface area contributed by atoms with Crippen LogP contribution in [-0.4, -0.2) is 25.8 Å². The zero-order valence-electron chi connectivity index (χ0n) is 12.7. The Morgan fingerprint density at radius 1 is 1.10 bits per heavy atom. The largest absolute Gasteiger partial charge is 0.398 e. The van der Waals surface area contributed by atoms with Crippen LogP contribution in [0.1, 0.15) is 27.7 Å². The first-order valence-electron chi connectivity index (χ1n) is 6.80. The second kappa shape index (κ2) is 7.44. The van der Waals surface area contributed by atoms with Crippen LogP contribution in [0.25, 0.3) is 0 Å². The summed E-state index contributed by atoms with van der Waals surface area (Å²) >= 11 is 6.63. The first kappa shape index (κ1) is 18.9. The minimum atomic E-state index is -3.63. The van der Waals surface area contributed by atoms with Crippen LogP contribution in [0.4, 0.5) is 5.69 Å². The van der Waals surface area contributed by atoms with E-state index in [1.54, 1.807) is 12.1 Å². The zero-order chi connectivity index (χ0) is 16.4. The number of sulfonamides is 1. The van der Waals surface area contributed by atoms with Crippen molar-refractivity contribution in [3.63, 3.8) is 0 Å². The van der Waals surface area contributed by atoms with Gasteiger partial charge in [-0.05, 0) is 39.9 Å². The highest BCUT2D eigenvalue weighted by atomic mass is 79.9. The normalized spacial score (nSPS) is 12.6. The van der Waals surface area contributed by atoms with Gasteiger partial charge in [0.05, 0.1) is 5.69 Å². The van der Waals surface area contributed by atoms with E-state index in [4.69, 9.17) is 5.73 Å². The van der Waals surface area contributed by atoms with Crippen LogP contribution in [0.15, 0.2) is 26.0 Å². The number of nitrogens with two attached hydrogens (primary N) is 1. The van der Waals surface area contributed by atoms with Gasteiger partial charge in [-0.1, -0.05) is 43.6 Å². The third-order valence-electron chi connectivity index (χ3n) is 2.77. The van der Waals surface area contributed by atoms with E-state index in [-0.39, 0.29) is 22.4 Å². The first-order chi connectivity index (χ1) is 9.55. The second-order valence-corrected chi connectivity index (χ2v) is 9.56. The van der Waals surface area contributed by atoms with Crippen LogP contribution < -0.4 is 5.73 Å². The van der Waals surface area contributed by atoms with Crippen LogP contribution in [0.2, 0.25) is 0 Å². The quantitative estimate of drug-likeness (QED) is 0.676. The van der Waals surface area contributed by atoms with Crippen molar-refractivity contribution >= 4 is 47.6 Å². The van der Waals surface area contributed by atoms with Crippen molar-refractivity contribution in [1.29, 1.82) is 0 Å². The fourth-order valence-corrected chi connectivity index (χ4v) is 5.85. The molecule has 7 heteroatoms. The predicted molar refractivity (Wildman–Crippen MR) is 94.7 cm³/mol. The topological polar surface area (TPSA) is 63.4 Å². The molecule has 1 aromatic rings. The maximum atomic E-state index is 13.0. The van der Waals surface area contributed by atoms with Gasteiger partial charge in [-0.2, -0.15) is 4.31 Å². The lowest BCUT2D eigenvalue weighted by atomic mass is 10.2. The van der Waals surface area contributed by atoms with E-state index >= 15 is 0 Å². The number of halogens is 2. The number of hydrogen-bond acceptors (Lipinski definition) is 3. The molecule has 0 saturated carbocycles. The molecule has 0 radical (unpaired) electrons. The molecule has 2 N–H and O–H groups in total. The fourth-order valence-electron chi connectivity index (χ4n) is 2.07. The van der Waals surface area contributed by atoms with Crippen molar-refractivity contribution in [2.24, 2.45) is 11.8 Å². The fraction of sp³-hybridized carbons (Fsp3) is 0.571. The molecule has 0 aliphatic carbocycles. The number of nitrogen functional groups attached to an aromatic ring is 1. The summed E-state index contributed by atoms with van der Waals surface area (Å²) in [4.78, 5) is 0.145. The average Bonchev–Trinajstić information content (AvgIpc) is 2.24. The number of anilines is 1. The van der Waals surface area contributed by atoms with E-state index in [2.05, 4.69) is 31.9 Å². The highest BCUT2D eigenvalue weighted by Crippen LogP contribution is 2.34. The van der Waals surface area contributed by atoms with Gasteiger partial charge in [-0.15, -0.1) is 0 Å². The first-order valence-corrected chi connectivity index (χ1v) is 9.83. The second-order valence-electron chi connectivity index (χ2n) is 5.92. The van der Waals surface area contributed by atoms with Crippen LogP contribution in [0, 0.1) is 11.8 Å². The summed E-state index contributed by atoms with van der Waals surface area (Å²) in [5.41, 5.74) is 6.19. The minimum absolute atomic E-state index is 0.145. The van der Waals surface area contributed by atoms with Gasteiger partial charge in [0, 0.05) is 22.0 Å². The maximum absolute atomic E-state index is 13.0. The Morgan fingerprint density at radius 3 is 1.95 bits per heavy atom. The summed E-state index contributed by atoms with van der Waals surface area (Å²) in [6.45, 7) is 8.96. The van der Waals surface area contributed by atoms with Crippen LogP contribution in [0.3, 0.4) is 0 Å². The van der Waals surface area contributed by atoms with Crippen molar-refractivity contribution < 1.29 is 8.42 Å². The summed E-state index contributed by atoms with van der Waals surface area (Å²) in [6.07, 6.45) is 0. The highest BCUT2D eigenvalue weighted by molar-refractivity contribution is 9.11. The predicted octanol–water partition coefficient (Wildman–Crippen LogP) is 4.10. The van der Waals surface area contributed by atoms with Gasteiger partial charge in [0.2, 0.25) is 10.0 Å². The molecule has 0 fully saturated rings. The number of hydrogen-bond donors (Lipinski definition) is 1. The molecule has 0 atom stereocenters. The molecule has 1 rings (SSSR count). The van der Waals surface area contributed by atoms with E-state index in [1.165, 1.54) is 4.31 Å². The Morgan fingerprint density at radius 2 is 1.57 bits per heavy atom. The lowest BCUT2D eigenvalue weighted by molar-refractivity contribution is 0.333. The molecule has 0 bridgehead atoms. The molecule has 0 aromatic heterocycles. The van der Waals surface area contributed by atoms with E-state index < -0.39 is 10.0 Å². The summed E-state index contributed by atoms with van der Waals surface area (Å²) in [7, 11) is -3.63. The maximum Gasteiger partial charge on any atom is 0.246 e. The smallest absolute Gasteiger partial charge is 0.246 e. The molecule has 1 aromatic carbocycles.